The third-order valence-corrected chi connectivity index (χ3v) is 2.08. The van der Waals surface area contributed by atoms with E-state index in [-0.39, 0.29) is 0 Å². The van der Waals surface area contributed by atoms with Crippen LogP contribution in [-0.2, 0) is 6.54 Å². The summed E-state index contributed by atoms with van der Waals surface area (Å²) < 4.78 is 2.24. The first-order chi connectivity index (χ1) is 5.93. The van der Waals surface area contributed by atoms with Crippen molar-refractivity contribution in [2.45, 2.75) is 38.6 Å². The van der Waals surface area contributed by atoms with Crippen LogP contribution in [0.1, 0.15) is 32.1 Å². The Hall–Kier alpha value is -0.720. The molecule has 0 saturated heterocycles. The van der Waals surface area contributed by atoms with E-state index < -0.39 is 0 Å². The van der Waals surface area contributed by atoms with Crippen LogP contribution in [0.25, 0.3) is 0 Å². The van der Waals surface area contributed by atoms with Gasteiger partial charge in [0.1, 0.15) is 0 Å². The molecule has 0 spiro atoms. The van der Waals surface area contributed by atoms with Crippen LogP contribution < -0.4 is 0 Å². The molecule has 0 aromatic carbocycles. The number of aryl methyl sites for hydroxylation is 1. The quantitative estimate of drug-likeness (QED) is 0.569. The summed E-state index contributed by atoms with van der Waals surface area (Å²) in [6, 6.07) is 4.16. The van der Waals surface area contributed by atoms with Crippen LogP contribution in [0.2, 0.25) is 0 Å². The molecule has 0 aliphatic rings. The summed E-state index contributed by atoms with van der Waals surface area (Å²) in [5.74, 6) is 0. The zero-order chi connectivity index (χ0) is 8.65. The number of hydrogen-bond acceptors (Lipinski definition) is 0. The molecule has 0 saturated carbocycles. The molecule has 1 heterocycles. The first-order valence-corrected chi connectivity index (χ1v) is 4.83. The summed E-state index contributed by atoms with van der Waals surface area (Å²) in [7, 11) is 0. The Balaban J connectivity index is 1.96. The minimum atomic E-state index is 1.09. The molecule has 1 aromatic heterocycles. The van der Waals surface area contributed by atoms with Crippen molar-refractivity contribution in [1.82, 2.24) is 4.57 Å². The second kappa shape index (κ2) is 5.87. The standard InChI is InChI=1S/C11H18N/c1-2-3-4-5-6-9-12-10-7-8-11-12/h7-8,10-11H,1-6,9H2. The van der Waals surface area contributed by atoms with Gasteiger partial charge in [-0.25, -0.2) is 0 Å². The van der Waals surface area contributed by atoms with Crippen LogP contribution in [0.3, 0.4) is 0 Å². The van der Waals surface area contributed by atoms with Gasteiger partial charge in [-0.1, -0.05) is 32.6 Å². The molecule has 0 aliphatic carbocycles. The smallest absolute Gasteiger partial charge is 0.0219 e. The molecule has 1 nitrogen and oxygen atoms in total. The van der Waals surface area contributed by atoms with Crippen molar-refractivity contribution in [3.05, 3.63) is 31.5 Å². The van der Waals surface area contributed by atoms with Crippen molar-refractivity contribution in [1.29, 1.82) is 0 Å². The fraction of sp³-hybridized carbons (Fsp3) is 0.545. The fourth-order valence-electron chi connectivity index (χ4n) is 1.34. The van der Waals surface area contributed by atoms with Crippen molar-refractivity contribution < 1.29 is 0 Å². The lowest BCUT2D eigenvalue weighted by Gasteiger charge is -2.01. The van der Waals surface area contributed by atoms with Crippen LogP contribution >= 0.6 is 0 Å². The van der Waals surface area contributed by atoms with Gasteiger partial charge in [-0.15, -0.1) is 0 Å². The highest BCUT2D eigenvalue weighted by molar-refractivity contribution is 4.89. The van der Waals surface area contributed by atoms with Gasteiger partial charge in [-0.2, -0.15) is 0 Å². The normalized spacial score (nSPS) is 10.4. The second-order valence-electron chi connectivity index (χ2n) is 3.19. The van der Waals surface area contributed by atoms with E-state index in [1.807, 2.05) is 0 Å². The summed E-state index contributed by atoms with van der Waals surface area (Å²) in [6.45, 7) is 5.00. The summed E-state index contributed by atoms with van der Waals surface area (Å²) in [5, 5.41) is 0. The number of hydrogen-bond donors (Lipinski definition) is 0. The van der Waals surface area contributed by atoms with E-state index in [1.165, 1.54) is 32.2 Å². The average Bonchev–Trinajstić information content (AvgIpc) is 2.57. The van der Waals surface area contributed by atoms with E-state index in [0.717, 1.165) is 6.42 Å². The average molecular weight is 164 g/mol. The van der Waals surface area contributed by atoms with Gasteiger partial charge >= 0.3 is 0 Å². The zero-order valence-corrected chi connectivity index (χ0v) is 7.71. The molecule has 1 heteroatoms. The minimum absolute atomic E-state index is 1.09. The van der Waals surface area contributed by atoms with Gasteiger partial charge < -0.3 is 4.57 Å². The highest BCUT2D eigenvalue weighted by Gasteiger charge is 1.89. The molecule has 67 valence electrons. The Morgan fingerprint density at radius 3 is 2.25 bits per heavy atom. The maximum atomic E-state index is 3.83. The molecule has 12 heavy (non-hydrogen) atoms. The van der Waals surface area contributed by atoms with Crippen molar-refractivity contribution in [2.24, 2.45) is 0 Å². The van der Waals surface area contributed by atoms with Crippen LogP contribution in [0, 0.1) is 6.92 Å². The molecule has 1 rings (SSSR count). The lowest BCUT2D eigenvalue weighted by Crippen LogP contribution is -1.93. The maximum Gasteiger partial charge on any atom is 0.0219 e. The highest BCUT2D eigenvalue weighted by Crippen LogP contribution is 2.03. The Labute approximate surface area is 75.4 Å². The Kier molecular flexibility index (Phi) is 4.58. The molecule has 0 N–H and O–H groups in total. The summed E-state index contributed by atoms with van der Waals surface area (Å²) in [5.41, 5.74) is 0. The van der Waals surface area contributed by atoms with E-state index in [1.54, 1.807) is 0 Å². The van der Waals surface area contributed by atoms with Gasteiger partial charge in [0.15, 0.2) is 0 Å². The summed E-state index contributed by atoms with van der Waals surface area (Å²) >= 11 is 0. The highest BCUT2D eigenvalue weighted by atomic mass is 14.9. The molecule has 0 aliphatic heterocycles. The Bertz CT molecular complexity index is 177. The maximum absolute atomic E-state index is 3.83. The topological polar surface area (TPSA) is 4.93 Å². The monoisotopic (exact) mass is 164 g/mol. The van der Waals surface area contributed by atoms with Gasteiger partial charge in [0, 0.05) is 18.9 Å². The van der Waals surface area contributed by atoms with E-state index in [4.69, 9.17) is 0 Å². The third-order valence-electron chi connectivity index (χ3n) is 2.08. The fourth-order valence-corrected chi connectivity index (χ4v) is 1.34. The van der Waals surface area contributed by atoms with Gasteiger partial charge in [-0.05, 0) is 18.6 Å². The van der Waals surface area contributed by atoms with Crippen molar-refractivity contribution >= 4 is 0 Å². The van der Waals surface area contributed by atoms with Gasteiger partial charge in [0.2, 0.25) is 0 Å². The van der Waals surface area contributed by atoms with Crippen molar-refractivity contribution in [2.75, 3.05) is 0 Å². The predicted octanol–water partition coefficient (Wildman–Crippen LogP) is 3.27. The SMILES string of the molecule is [CH2]CCCCCCn1cccc1. The molecule has 0 unspecified atom stereocenters. The Morgan fingerprint density at radius 2 is 1.58 bits per heavy atom. The first-order valence-electron chi connectivity index (χ1n) is 4.83. The van der Waals surface area contributed by atoms with E-state index in [9.17, 15) is 0 Å². The lowest BCUT2D eigenvalue weighted by atomic mass is 10.1. The van der Waals surface area contributed by atoms with Crippen LogP contribution in [0.5, 0.6) is 0 Å². The third kappa shape index (κ3) is 3.61. The molecule has 0 fully saturated rings. The zero-order valence-electron chi connectivity index (χ0n) is 7.71. The van der Waals surface area contributed by atoms with Crippen LogP contribution in [0.15, 0.2) is 24.5 Å². The van der Waals surface area contributed by atoms with Crippen molar-refractivity contribution in [3.8, 4) is 0 Å². The number of rotatable bonds is 6. The number of aromatic nitrogens is 1. The molecular formula is C11H18N. The summed E-state index contributed by atoms with van der Waals surface area (Å²) in [6.07, 6.45) is 10.6. The van der Waals surface area contributed by atoms with Crippen LogP contribution in [-0.4, -0.2) is 4.57 Å². The molecule has 1 radical (unpaired) electrons. The van der Waals surface area contributed by atoms with E-state index >= 15 is 0 Å². The van der Waals surface area contributed by atoms with Gasteiger partial charge in [0.05, 0.1) is 0 Å². The van der Waals surface area contributed by atoms with E-state index in [0.29, 0.717) is 0 Å². The largest absolute Gasteiger partial charge is 0.354 e. The number of nitrogens with zero attached hydrogens (tertiary/aromatic N) is 1. The lowest BCUT2D eigenvalue weighted by molar-refractivity contribution is 0.575. The van der Waals surface area contributed by atoms with Gasteiger partial charge in [-0.3, -0.25) is 0 Å². The molecule has 0 amide bonds. The molecule has 1 aromatic rings. The predicted molar refractivity (Wildman–Crippen MR) is 52.9 cm³/mol. The Morgan fingerprint density at radius 1 is 0.917 bits per heavy atom. The first kappa shape index (κ1) is 9.37. The summed E-state index contributed by atoms with van der Waals surface area (Å²) in [4.78, 5) is 0. The van der Waals surface area contributed by atoms with Gasteiger partial charge in [0.25, 0.3) is 0 Å². The second-order valence-corrected chi connectivity index (χ2v) is 3.19. The molecule has 0 atom stereocenters. The van der Waals surface area contributed by atoms with Crippen LogP contribution in [0.4, 0.5) is 0 Å². The molecule has 0 bridgehead atoms. The minimum Gasteiger partial charge on any atom is -0.354 e. The van der Waals surface area contributed by atoms with E-state index in [2.05, 4.69) is 36.0 Å². The molecular weight excluding hydrogens is 146 g/mol. The van der Waals surface area contributed by atoms with Crippen molar-refractivity contribution in [3.63, 3.8) is 0 Å². The number of unbranched alkanes of at least 4 members (excludes halogenated alkanes) is 4.